The molecule has 0 aliphatic carbocycles. The highest BCUT2D eigenvalue weighted by Crippen LogP contribution is 2.32. The molecule has 1 N–H and O–H groups in total. The fraction of sp³-hybridized carbons (Fsp3) is 0.538. The van der Waals surface area contributed by atoms with E-state index in [1.807, 2.05) is 32.2 Å². The summed E-state index contributed by atoms with van der Waals surface area (Å²) in [6, 6.07) is 6.22. The van der Waals surface area contributed by atoms with Crippen LogP contribution in [0.2, 0.25) is 0 Å². The van der Waals surface area contributed by atoms with E-state index in [4.69, 9.17) is 14.2 Å². The van der Waals surface area contributed by atoms with Gasteiger partial charge < -0.3 is 19.5 Å². The second kappa shape index (κ2) is 5.89. The average Bonchev–Trinajstić information content (AvgIpc) is 2.39. The minimum absolute atomic E-state index is 0.186. The summed E-state index contributed by atoms with van der Waals surface area (Å²) in [5.41, 5.74) is 1.16. The molecule has 4 nitrogen and oxygen atoms in total. The Bertz CT molecular complexity index is 368. The molecule has 0 bridgehead atoms. The topological polar surface area (TPSA) is 39.7 Å². The van der Waals surface area contributed by atoms with E-state index >= 15 is 0 Å². The number of fused-ring (bicyclic) bond motifs is 1. The molecule has 0 amide bonds. The van der Waals surface area contributed by atoms with E-state index in [-0.39, 0.29) is 6.04 Å². The molecule has 0 saturated heterocycles. The number of likely N-dealkylation sites (N-methyl/N-ethyl adjacent to an activating group) is 1. The van der Waals surface area contributed by atoms with Gasteiger partial charge >= 0.3 is 0 Å². The second-order valence-electron chi connectivity index (χ2n) is 3.90. The van der Waals surface area contributed by atoms with Crippen LogP contribution in [0.1, 0.15) is 18.5 Å². The molecule has 2 rings (SSSR count). The summed E-state index contributed by atoms with van der Waals surface area (Å²) in [7, 11) is 1.93. The predicted molar refractivity (Wildman–Crippen MR) is 65.7 cm³/mol. The van der Waals surface area contributed by atoms with E-state index in [2.05, 4.69) is 5.32 Å². The fourth-order valence-corrected chi connectivity index (χ4v) is 1.86. The van der Waals surface area contributed by atoms with Gasteiger partial charge in [0.1, 0.15) is 13.2 Å². The van der Waals surface area contributed by atoms with Gasteiger partial charge in [-0.25, -0.2) is 0 Å². The van der Waals surface area contributed by atoms with Crippen molar-refractivity contribution in [2.75, 3.05) is 33.5 Å². The Morgan fingerprint density at radius 1 is 1.29 bits per heavy atom. The summed E-state index contributed by atoms with van der Waals surface area (Å²) >= 11 is 0. The van der Waals surface area contributed by atoms with Gasteiger partial charge in [0.05, 0.1) is 12.6 Å². The number of benzene rings is 1. The predicted octanol–water partition coefficient (Wildman–Crippen LogP) is 1.75. The first kappa shape index (κ1) is 12.2. The lowest BCUT2D eigenvalue weighted by molar-refractivity contribution is 0.125. The van der Waals surface area contributed by atoms with Crippen molar-refractivity contribution in [3.05, 3.63) is 23.8 Å². The molecule has 0 radical (unpaired) electrons. The Morgan fingerprint density at radius 3 is 2.76 bits per heavy atom. The Morgan fingerprint density at radius 2 is 2.06 bits per heavy atom. The van der Waals surface area contributed by atoms with Crippen LogP contribution in [0.25, 0.3) is 0 Å². The number of hydrogen-bond acceptors (Lipinski definition) is 4. The lowest BCUT2D eigenvalue weighted by Crippen LogP contribution is -2.22. The van der Waals surface area contributed by atoms with Crippen LogP contribution in [-0.4, -0.2) is 33.5 Å². The molecule has 1 aromatic carbocycles. The molecule has 1 aliphatic rings. The number of rotatable bonds is 5. The number of ether oxygens (including phenoxy) is 3. The van der Waals surface area contributed by atoms with Crippen molar-refractivity contribution in [2.45, 2.75) is 13.0 Å². The Balaban J connectivity index is 2.13. The summed E-state index contributed by atoms with van der Waals surface area (Å²) in [5, 5.41) is 3.24. The van der Waals surface area contributed by atoms with E-state index in [1.165, 1.54) is 0 Å². The lowest BCUT2D eigenvalue weighted by atomic mass is 10.1. The molecular formula is C13H19NO3. The highest BCUT2D eigenvalue weighted by Gasteiger charge is 2.15. The molecule has 1 heterocycles. The molecular weight excluding hydrogens is 218 g/mol. The number of hydrogen-bond donors (Lipinski definition) is 1. The largest absolute Gasteiger partial charge is 0.486 e. The van der Waals surface area contributed by atoms with Gasteiger partial charge in [-0.05, 0) is 31.7 Å². The van der Waals surface area contributed by atoms with Crippen LogP contribution in [-0.2, 0) is 4.74 Å². The van der Waals surface area contributed by atoms with Crippen molar-refractivity contribution >= 4 is 0 Å². The molecule has 0 spiro atoms. The molecule has 1 aliphatic heterocycles. The molecule has 17 heavy (non-hydrogen) atoms. The number of nitrogens with one attached hydrogen (secondary N) is 1. The van der Waals surface area contributed by atoms with Gasteiger partial charge in [0, 0.05) is 6.61 Å². The standard InChI is InChI=1S/C13H19NO3/c1-3-15-9-11(14-2)10-4-5-12-13(8-10)17-7-6-16-12/h4-5,8,11,14H,3,6-7,9H2,1-2H3. The van der Waals surface area contributed by atoms with E-state index < -0.39 is 0 Å². The van der Waals surface area contributed by atoms with Gasteiger partial charge in [-0.15, -0.1) is 0 Å². The van der Waals surface area contributed by atoms with Crippen molar-refractivity contribution in [1.29, 1.82) is 0 Å². The van der Waals surface area contributed by atoms with E-state index in [1.54, 1.807) is 0 Å². The smallest absolute Gasteiger partial charge is 0.161 e. The third-order valence-electron chi connectivity index (χ3n) is 2.81. The Hall–Kier alpha value is -1.26. The molecule has 0 fully saturated rings. The van der Waals surface area contributed by atoms with Crippen molar-refractivity contribution in [3.8, 4) is 11.5 Å². The van der Waals surface area contributed by atoms with Crippen LogP contribution in [0.3, 0.4) is 0 Å². The third-order valence-corrected chi connectivity index (χ3v) is 2.81. The van der Waals surface area contributed by atoms with E-state index in [0.29, 0.717) is 19.8 Å². The molecule has 94 valence electrons. The zero-order chi connectivity index (χ0) is 12.1. The molecule has 0 aromatic heterocycles. The first-order chi connectivity index (χ1) is 8.35. The minimum atomic E-state index is 0.186. The van der Waals surface area contributed by atoms with Crippen LogP contribution in [0.4, 0.5) is 0 Å². The van der Waals surface area contributed by atoms with Gasteiger partial charge in [0.15, 0.2) is 11.5 Å². The normalized spacial score (nSPS) is 15.6. The van der Waals surface area contributed by atoms with Crippen LogP contribution in [0.5, 0.6) is 11.5 Å². The molecule has 1 unspecified atom stereocenters. The highest BCUT2D eigenvalue weighted by atomic mass is 16.6. The van der Waals surface area contributed by atoms with Gasteiger partial charge in [0.25, 0.3) is 0 Å². The average molecular weight is 237 g/mol. The summed E-state index contributed by atoms with van der Waals surface area (Å²) < 4.78 is 16.5. The van der Waals surface area contributed by atoms with Crippen molar-refractivity contribution in [3.63, 3.8) is 0 Å². The third kappa shape index (κ3) is 2.90. The highest BCUT2D eigenvalue weighted by molar-refractivity contribution is 5.44. The van der Waals surface area contributed by atoms with E-state index in [9.17, 15) is 0 Å². The zero-order valence-corrected chi connectivity index (χ0v) is 10.4. The van der Waals surface area contributed by atoms with Gasteiger partial charge in [-0.3, -0.25) is 0 Å². The summed E-state index contributed by atoms with van der Waals surface area (Å²) in [6.07, 6.45) is 0. The van der Waals surface area contributed by atoms with Crippen LogP contribution < -0.4 is 14.8 Å². The lowest BCUT2D eigenvalue weighted by Gasteiger charge is -2.22. The van der Waals surface area contributed by atoms with Crippen LogP contribution in [0.15, 0.2) is 18.2 Å². The van der Waals surface area contributed by atoms with Crippen molar-refractivity contribution < 1.29 is 14.2 Å². The maximum absolute atomic E-state index is 5.57. The molecule has 4 heteroatoms. The summed E-state index contributed by atoms with van der Waals surface area (Å²) in [6.45, 7) is 4.62. The van der Waals surface area contributed by atoms with Gasteiger partial charge in [-0.2, -0.15) is 0 Å². The van der Waals surface area contributed by atoms with Crippen molar-refractivity contribution in [1.82, 2.24) is 5.32 Å². The Kier molecular flexibility index (Phi) is 4.23. The first-order valence-electron chi connectivity index (χ1n) is 5.99. The molecule has 0 saturated carbocycles. The quantitative estimate of drug-likeness (QED) is 0.847. The maximum atomic E-state index is 5.57. The van der Waals surface area contributed by atoms with Gasteiger partial charge in [0.2, 0.25) is 0 Å². The minimum Gasteiger partial charge on any atom is -0.486 e. The zero-order valence-electron chi connectivity index (χ0n) is 10.4. The molecule has 1 atom stereocenters. The maximum Gasteiger partial charge on any atom is 0.161 e. The van der Waals surface area contributed by atoms with E-state index in [0.717, 1.165) is 23.7 Å². The summed E-state index contributed by atoms with van der Waals surface area (Å²) in [4.78, 5) is 0. The van der Waals surface area contributed by atoms with Crippen LogP contribution in [0, 0.1) is 0 Å². The fourth-order valence-electron chi connectivity index (χ4n) is 1.86. The van der Waals surface area contributed by atoms with Gasteiger partial charge in [-0.1, -0.05) is 6.07 Å². The molecule has 1 aromatic rings. The summed E-state index contributed by atoms with van der Waals surface area (Å²) in [5.74, 6) is 1.65. The van der Waals surface area contributed by atoms with Crippen molar-refractivity contribution in [2.24, 2.45) is 0 Å². The second-order valence-corrected chi connectivity index (χ2v) is 3.90. The SMILES string of the molecule is CCOCC(NC)c1ccc2c(c1)OCCO2. The first-order valence-corrected chi connectivity index (χ1v) is 5.99. The monoisotopic (exact) mass is 237 g/mol. The van der Waals surface area contributed by atoms with Crippen LogP contribution >= 0.6 is 0 Å². The Labute approximate surface area is 102 Å².